The summed E-state index contributed by atoms with van der Waals surface area (Å²) in [5.74, 6) is 0.411. The van der Waals surface area contributed by atoms with E-state index in [2.05, 4.69) is 98.1 Å². The van der Waals surface area contributed by atoms with Crippen LogP contribution in [0.2, 0.25) is 0 Å². The molecule has 10 heteroatoms. The van der Waals surface area contributed by atoms with Crippen molar-refractivity contribution in [2.24, 2.45) is 0 Å². The Morgan fingerprint density at radius 3 is 1.41 bits per heavy atom. The third-order valence-electron chi connectivity index (χ3n) is 10.7. The molecule has 2 atom stereocenters. The molecule has 1 aliphatic carbocycles. The van der Waals surface area contributed by atoms with Gasteiger partial charge in [0.15, 0.2) is 0 Å². The lowest BCUT2D eigenvalue weighted by Crippen LogP contribution is -2.28. The molecule has 0 fully saturated rings. The Morgan fingerprint density at radius 2 is 1.00 bits per heavy atom. The molecule has 61 heavy (non-hydrogen) atoms. The quantitative estimate of drug-likeness (QED) is 0.0789. The number of thiazole rings is 2. The number of esters is 2. The van der Waals surface area contributed by atoms with Crippen LogP contribution in [0.25, 0.3) is 52.7 Å². The summed E-state index contributed by atoms with van der Waals surface area (Å²) in [7, 11) is 0. The molecule has 8 nitrogen and oxygen atoms in total. The average Bonchev–Trinajstić information content (AvgIpc) is 4.00. The standard InChI is InChI=1S/C51H40N2O6S2/c1-5-47(54)58-31(3)29-56-37-21-15-33(16-22-37)49-52-43-25-19-35(27-45(43)60-49)51(41-13-9-7-11-39(41)40-12-8-10-14-42(40)51)36-20-26-44-46(28-36)61-50(53-44)34-17-23-38(24-18-34)57-30-32(4)59-48(55)6-2/h5-28,31-32H,1-2,29-30H2,3-4H3. The maximum absolute atomic E-state index is 11.5. The van der Waals surface area contributed by atoms with Gasteiger partial charge in [0.25, 0.3) is 0 Å². The number of hydrogen-bond donors (Lipinski definition) is 0. The van der Waals surface area contributed by atoms with E-state index in [9.17, 15) is 9.59 Å². The van der Waals surface area contributed by atoms with Crippen molar-refractivity contribution in [1.82, 2.24) is 9.97 Å². The summed E-state index contributed by atoms with van der Waals surface area (Å²) < 4.78 is 24.4. The van der Waals surface area contributed by atoms with E-state index < -0.39 is 29.6 Å². The van der Waals surface area contributed by atoms with Crippen LogP contribution in [0.5, 0.6) is 11.5 Å². The highest BCUT2D eigenvalue weighted by Gasteiger charge is 2.46. The Hall–Kier alpha value is -6.88. The first-order chi connectivity index (χ1) is 29.7. The zero-order chi connectivity index (χ0) is 42.1. The molecule has 0 amide bonds. The van der Waals surface area contributed by atoms with E-state index in [-0.39, 0.29) is 13.2 Å². The number of carbonyl (C=O) groups excluding carboxylic acids is 2. The van der Waals surface area contributed by atoms with Gasteiger partial charge in [0, 0.05) is 23.3 Å². The molecule has 0 saturated heterocycles. The summed E-state index contributed by atoms with van der Waals surface area (Å²) in [5, 5.41) is 1.82. The van der Waals surface area contributed by atoms with Gasteiger partial charge in [-0.3, -0.25) is 0 Å². The third kappa shape index (κ3) is 7.60. The second kappa shape index (κ2) is 16.6. The smallest absolute Gasteiger partial charge is 0.330 e. The molecule has 0 bridgehead atoms. The first-order valence-corrected chi connectivity index (χ1v) is 21.5. The molecule has 302 valence electrons. The monoisotopic (exact) mass is 840 g/mol. The maximum atomic E-state index is 11.5. The Labute approximate surface area is 361 Å². The van der Waals surface area contributed by atoms with Crippen LogP contribution in [-0.4, -0.2) is 47.3 Å². The van der Waals surface area contributed by atoms with Crippen molar-refractivity contribution in [2.45, 2.75) is 31.5 Å². The molecule has 2 heterocycles. The maximum Gasteiger partial charge on any atom is 0.330 e. The third-order valence-corrected chi connectivity index (χ3v) is 12.9. The summed E-state index contributed by atoms with van der Waals surface area (Å²) in [6, 6.07) is 46.6. The van der Waals surface area contributed by atoms with Crippen LogP contribution in [-0.2, 0) is 24.5 Å². The van der Waals surface area contributed by atoms with Gasteiger partial charge in [-0.15, -0.1) is 22.7 Å². The number of fused-ring (bicyclic) bond motifs is 5. The zero-order valence-electron chi connectivity index (χ0n) is 33.5. The Balaban J connectivity index is 1.05. The second-order valence-electron chi connectivity index (χ2n) is 14.8. The lowest BCUT2D eigenvalue weighted by atomic mass is 9.67. The van der Waals surface area contributed by atoms with Crippen molar-refractivity contribution < 1.29 is 28.5 Å². The number of nitrogens with zero attached hydrogens (tertiary/aromatic N) is 2. The van der Waals surface area contributed by atoms with E-state index in [0.29, 0.717) is 11.5 Å². The summed E-state index contributed by atoms with van der Waals surface area (Å²) in [5.41, 5.74) is 10.5. The molecule has 0 N–H and O–H groups in total. The minimum atomic E-state index is -0.601. The van der Waals surface area contributed by atoms with Crippen molar-refractivity contribution >= 4 is 55.0 Å². The molecule has 2 unspecified atom stereocenters. The number of ether oxygens (including phenoxy) is 4. The second-order valence-corrected chi connectivity index (χ2v) is 16.9. The number of carbonyl (C=O) groups is 2. The number of rotatable bonds is 14. The lowest BCUT2D eigenvalue weighted by molar-refractivity contribution is -0.144. The van der Waals surface area contributed by atoms with Crippen molar-refractivity contribution in [3.05, 3.63) is 181 Å². The highest BCUT2D eigenvalue weighted by molar-refractivity contribution is 7.22. The molecule has 9 rings (SSSR count). The molecule has 1 aliphatic rings. The SMILES string of the molecule is C=CC(=O)OC(C)COc1ccc(-c2nc3ccc(C4(c5ccc6nc(-c7ccc(OCC(C)OC(=O)C=C)cc7)sc6c5)c5ccccc5-c5ccccc54)cc3s2)cc1. The topological polar surface area (TPSA) is 96.8 Å². The molecule has 2 aromatic heterocycles. The summed E-state index contributed by atoms with van der Waals surface area (Å²) >= 11 is 3.33. The van der Waals surface area contributed by atoms with Crippen LogP contribution in [0.4, 0.5) is 0 Å². The number of aromatic nitrogens is 2. The highest BCUT2D eigenvalue weighted by Crippen LogP contribution is 2.57. The largest absolute Gasteiger partial charge is 0.490 e. The lowest BCUT2D eigenvalue weighted by Gasteiger charge is -2.33. The summed E-state index contributed by atoms with van der Waals surface area (Å²) in [6.07, 6.45) is 1.48. The predicted octanol–water partition coefficient (Wildman–Crippen LogP) is 11.6. The first kappa shape index (κ1) is 39.6. The van der Waals surface area contributed by atoms with Gasteiger partial charge in [-0.2, -0.15) is 0 Å². The van der Waals surface area contributed by atoms with Crippen LogP contribution >= 0.6 is 22.7 Å². The molecule has 8 aromatic rings. The van der Waals surface area contributed by atoms with E-state index in [1.165, 1.54) is 22.3 Å². The van der Waals surface area contributed by atoms with Gasteiger partial charge < -0.3 is 18.9 Å². The van der Waals surface area contributed by atoms with E-state index in [0.717, 1.165) is 64.9 Å². The van der Waals surface area contributed by atoms with E-state index in [1.807, 2.05) is 48.5 Å². The fraction of sp³-hybridized carbons (Fsp3) is 0.137. The molecule has 0 aliphatic heterocycles. The van der Waals surface area contributed by atoms with Gasteiger partial charge in [-0.25, -0.2) is 19.6 Å². The van der Waals surface area contributed by atoms with Crippen molar-refractivity contribution in [1.29, 1.82) is 0 Å². The molecule has 0 radical (unpaired) electrons. The first-order valence-electron chi connectivity index (χ1n) is 19.9. The van der Waals surface area contributed by atoms with Crippen LogP contribution in [0, 0.1) is 0 Å². The minimum Gasteiger partial charge on any atom is -0.490 e. The molecule has 0 saturated carbocycles. The van der Waals surface area contributed by atoms with E-state index >= 15 is 0 Å². The fourth-order valence-electron chi connectivity index (χ4n) is 7.96. The van der Waals surface area contributed by atoms with Crippen LogP contribution in [0.1, 0.15) is 36.1 Å². The molecular formula is C51H40N2O6S2. The van der Waals surface area contributed by atoms with Gasteiger partial charge in [-0.05, 0) is 120 Å². The Kier molecular flexibility index (Phi) is 10.8. The zero-order valence-corrected chi connectivity index (χ0v) is 35.1. The van der Waals surface area contributed by atoms with Crippen LogP contribution in [0.3, 0.4) is 0 Å². The van der Waals surface area contributed by atoms with Gasteiger partial charge in [-0.1, -0.05) is 73.8 Å². The summed E-state index contributed by atoms with van der Waals surface area (Å²) in [6.45, 7) is 10.9. The number of hydrogen-bond acceptors (Lipinski definition) is 10. The van der Waals surface area contributed by atoms with Gasteiger partial charge >= 0.3 is 11.9 Å². The van der Waals surface area contributed by atoms with Gasteiger partial charge in [0.05, 0.1) is 25.8 Å². The molecule has 0 spiro atoms. The Bertz CT molecular complexity index is 2750. The molecule has 6 aromatic carbocycles. The van der Waals surface area contributed by atoms with Crippen molar-refractivity contribution in [3.8, 4) is 43.8 Å². The van der Waals surface area contributed by atoms with Crippen molar-refractivity contribution in [3.63, 3.8) is 0 Å². The molecular weight excluding hydrogens is 801 g/mol. The van der Waals surface area contributed by atoms with Gasteiger partial charge in [0.2, 0.25) is 0 Å². The van der Waals surface area contributed by atoms with Crippen LogP contribution < -0.4 is 9.47 Å². The predicted molar refractivity (Wildman–Crippen MR) is 243 cm³/mol. The average molecular weight is 841 g/mol. The minimum absolute atomic E-state index is 0.233. The number of benzene rings is 6. The fourth-order valence-corrected chi connectivity index (χ4v) is 9.98. The normalized spacial score (nSPS) is 13.5. The van der Waals surface area contributed by atoms with Crippen LogP contribution in [0.15, 0.2) is 159 Å². The van der Waals surface area contributed by atoms with Crippen molar-refractivity contribution in [2.75, 3.05) is 13.2 Å². The van der Waals surface area contributed by atoms with E-state index in [1.54, 1.807) is 36.5 Å². The summed E-state index contributed by atoms with van der Waals surface area (Å²) in [4.78, 5) is 33.2. The van der Waals surface area contributed by atoms with E-state index in [4.69, 9.17) is 28.9 Å². The highest BCUT2D eigenvalue weighted by atomic mass is 32.1. The van der Waals surface area contributed by atoms with Gasteiger partial charge in [0.1, 0.15) is 46.9 Å². The Morgan fingerprint density at radius 1 is 0.590 bits per heavy atom.